The first-order valence-electron chi connectivity index (χ1n) is 30.6. The van der Waals surface area contributed by atoms with Gasteiger partial charge in [0.2, 0.25) is 0 Å². The van der Waals surface area contributed by atoms with Gasteiger partial charge < -0.3 is 14.2 Å². The number of ether oxygens (including phenoxy) is 3. The highest BCUT2D eigenvalue weighted by Gasteiger charge is 2.19. The predicted molar refractivity (Wildman–Crippen MR) is 302 cm³/mol. The SMILES string of the molecule is CC/C=C\C/C=C\C/C=C\CCCCCCCC(=O)OC(COC(=O)CCCCCCCCCCCC)COC(=O)CCCCCCCCCCCCCCCCC/C=C\CCCCCCCCCC. The molecule has 0 spiro atoms. The molecule has 0 heterocycles. The second-order valence-electron chi connectivity index (χ2n) is 20.6. The smallest absolute Gasteiger partial charge is 0.306 e. The molecule has 0 aromatic carbocycles. The molecule has 0 aliphatic heterocycles. The van der Waals surface area contributed by atoms with Crippen molar-refractivity contribution in [3.05, 3.63) is 48.6 Å². The third kappa shape index (κ3) is 56.3. The molecule has 0 bridgehead atoms. The van der Waals surface area contributed by atoms with Crippen LogP contribution in [0.5, 0.6) is 0 Å². The van der Waals surface area contributed by atoms with Crippen molar-refractivity contribution in [1.29, 1.82) is 0 Å². The predicted octanol–water partition coefficient (Wildman–Crippen LogP) is 20.6. The monoisotopic (exact) mass is 981 g/mol. The lowest BCUT2D eigenvalue weighted by Gasteiger charge is -2.18. The van der Waals surface area contributed by atoms with Crippen LogP contribution in [0, 0.1) is 0 Å². The Kier molecular flexibility index (Phi) is 56.7. The average molecular weight is 982 g/mol. The maximum atomic E-state index is 12.8. The Labute approximate surface area is 435 Å². The molecule has 408 valence electrons. The van der Waals surface area contributed by atoms with Crippen molar-refractivity contribution in [3.8, 4) is 0 Å². The number of allylic oxidation sites excluding steroid dienone is 8. The summed E-state index contributed by atoms with van der Waals surface area (Å²) in [4.78, 5) is 38.1. The molecular weight excluding hydrogens is 865 g/mol. The van der Waals surface area contributed by atoms with E-state index in [0.717, 1.165) is 96.3 Å². The minimum Gasteiger partial charge on any atom is -0.462 e. The van der Waals surface area contributed by atoms with E-state index in [-0.39, 0.29) is 31.1 Å². The molecule has 70 heavy (non-hydrogen) atoms. The van der Waals surface area contributed by atoms with Crippen LogP contribution in [0.15, 0.2) is 48.6 Å². The van der Waals surface area contributed by atoms with E-state index in [9.17, 15) is 14.4 Å². The standard InChI is InChI=1S/C64H116O6/c1-4-7-10-13-16-19-22-24-26-27-28-29-30-31-32-33-34-35-36-37-39-40-42-45-48-51-54-57-63(66)69-60-61(59-68-62(65)56-53-50-47-44-21-18-15-12-9-6-3)70-64(67)58-55-52-49-46-43-41-38-25-23-20-17-14-11-8-5-2/h8,11,17,20,25,27-28,38,61H,4-7,9-10,12-16,18-19,21-24,26,29-37,39-60H2,1-3H3/b11-8-,20-17-,28-27-,38-25-. The maximum absolute atomic E-state index is 12.8. The molecule has 0 aliphatic rings. The first kappa shape index (κ1) is 67.4. The van der Waals surface area contributed by atoms with Crippen LogP contribution in [0.25, 0.3) is 0 Å². The van der Waals surface area contributed by atoms with E-state index in [0.29, 0.717) is 19.3 Å². The second kappa shape index (κ2) is 58.9. The van der Waals surface area contributed by atoms with E-state index in [1.807, 2.05) is 0 Å². The zero-order chi connectivity index (χ0) is 50.7. The van der Waals surface area contributed by atoms with Gasteiger partial charge in [-0.2, -0.15) is 0 Å². The van der Waals surface area contributed by atoms with Gasteiger partial charge in [-0.05, 0) is 77.0 Å². The fourth-order valence-electron chi connectivity index (χ4n) is 8.98. The summed E-state index contributed by atoms with van der Waals surface area (Å²) in [5.74, 6) is -0.880. The van der Waals surface area contributed by atoms with Gasteiger partial charge in [-0.1, -0.05) is 275 Å². The van der Waals surface area contributed by atoms with Crippen LogP contribution in [0.2, 0.25) is 0 Å². The van der Waals surface area contributed by atoms with E-state index in [1.165, 1.54) is 186 Å². The van der Waals surface area contributed by atoms with E-state index in [4.69, 9.17) is 14.2 Å². The molecule has 0 N–H and O–H groups in total. The molecule has 0 fully saturated rings. The Balaban J connectivity index is 4.16. The lowest BCUT2D eigenvalue weighted by Crippen LogP contribution is -2.30. The fourth-order valence-corrected chi connectivity index (χ4v) is 8.98. The summed E-state index contributed by atoms with van der Waals surface area (Å²) >= 11 is 0. The lowest BCUT2D eigenvalue weighted by atomic mass is 10.0. The van der Waals surface area contributed by atoms with Crippen molar-refractivity contribution in [1.82, 2.24) is 0 Å². The quantitative estimate of drug-likeness (QED) is 0.0261. The highest BCUT2D eigenvalue weighted by molar-refractivity contribution is 5.71. The summed E-state index contributed by atoms with van der Waals surface area (Å²) in [6.45, 7) is 6.54. The van der Waals surface area contributed by atoms with Crippen LogP contribution >= 0.6 is 0 Å². The van der Waals surface area contributed by atoms with Gasteiger partial charge in [0, 0.05) is 19.3 Å². The number of esters is 3. The Bertz CT molecular complexity index is 1220. The van der Waals surface area contributed by atoms with Crippen LogP contribution in [0.3, 0.4) is 0 Å². The number of hydrogen-bond donors (Lipinski definition) is 0. The summed E-state index contributed by atoms with van der Waals surface area (Å²) in [5, 5.41) is 0. The van der Waals surface area contributed by atoms with Gasteiger partial charge in [0.25, 0.3) is 0 Å². The van der Waals surface area contributed by atoms with Crippen molar-refractivity contribution in [2.24, 2.45) is 0 Å². The van der Waals surface area contributed by atoms with Gasteiger partial charge in [-0.3, -0.25) is 14.4 Å². The van der Waals surface area contributed by atoms with Crippen LogP contribution in [-0.2, 0) is 28.6 Å². The summed E-state index contributed by atoms with van der Waals surface area (Å²) in [6.07, 6.45) is 72.7. The number of unbranched alkanes of at least 4 members (excludes halogenated alkanes) is 37. The largest absolute Gasteiger partial charge is 0.462 e. The van der Waals surface area contributed by atoms with Crippen LogP contribution < -0.4 is 0 Å². The number of rotatable bonds is 56. The molecule has 0 saturated carbocycles. The van der Waals surface area contributed by atoms with Crippen LogP contribution in [0.4, 0.5) is 0 Å². The minimum atomic E-state index is -0.779. The average Bonchev–Trinajstić information content (AvgIpc) is 3.36. The molecule has 6 heteroatoms. The second-order valence-corrected chi connectivity index (χ2v) is 20.6. The first-order valence-corrected chi connectivity index (χ1v) is 30.6. The zero-order valence-electron chi connectivity index (χ0n) is 46.8. The van der Waals surface area contributed by atoms with Crippen molar-refractivity contribution in [3.63, 3.8) is 0 Å². The molecule has 0 radical (unpaired) electrons. The van der Waals surface area contributed by atoms with E-state index < -0.39 is 6.10 Å². The summed E-state index contributed by atoms with van der Waals surface area (Å²) in [7, 11) is 0. The molecule has 1 atom stereocenters. The normalized spacial score (nSPS) is 12.3. The van der Waals surface area contributed by atoms with Gasteiger partial charge >= 0.3 is 17.9 Å². The summed E-state index contributed by atoms with van der Waals surface area (Å²) in [6, 6.07) is 0. The topological polar surface area (TPSA) is 78.9 Å². The third-order valence-corrected chi connectivity index (χ3v) is 13.6. The third-order valence-electron chi connectivity index (χ3n) is 13.6. The van der Waals surface area contributed by atoms with Gasteiger partial charge in [-0.25, -0.2) is 0 Å². The van der Waals surface area contributed by atoms with Gasteiger partial charge in [0.05, 0.1) is 0 Å². The molecule has 0 rings (SSSR count). The Hall–Kier alpha value is -2.63. The van der Waals surface area contributed by atoms with E-state index in [1.54, 1.807) is 0 Å². The highest BCUT2D eigenvalue weighted by atomic mass is 16.6. The Morgan fingerprint density at radius 3 is 0.886 bits per heavy atom. The van der Waals surface area contributed by atoms with Crippen molar-refractivity contribution < 1.29 is 28.6 Å². The molecule has 0 aliphatic carbocycles. The summed E-state index contributed by atoms with van der Waals surface area (Å²) in [5.41, 5.74) is 0. The fraction of sp³-hybridized carbons (Fsp3) is 0.828. The molecule has 6 nitrogen and oxygen atoms in total. The van der Waals surface area contributed by atoms with Gasteiger partial charge in [0.1, 0.15) is 13.2 Å². The lowest BCUT2D eigenvalue weighted by molar-refractivity contribution is -0.167. The molecule has 0 saturated heterocycles. The number of carbonyl (C=O) groups excluding carboxylic acids is 3. The van der Waals surface area contributed by atoms with Crippen molar-refractivity contribution >= 4 is 17.9 Å². The first-order chi connectivity index (χ1) is 34.5. The van der Waals surface area contributed by atoms with Crippen molar-refractivity contribution in [2.75, 3.05) is 13.2 Å². The van der Waals surface area contributed by atoms with E-state index >= 15 is 0 Å². The van der Waals surface area contributed by atoms with Crippen molar-refractivity contribution in [2.45, 2.75) is 329 Å². The maximum Gasteiger partial charge on any atom is 0.306 e. The van der Waals surface area contributed by atoms with E-state index in [2.05, 4.69) is 69.4 Å². The van der Waals surface area contributed by atoms with Crippen LogP contribution in [0.1, 0.15) is 323 Å². The molecule has 0 amide bonds. The molecule has 0 aromatic heterocycles. The molecular formula is C64H116O6. The Morgan fingerprint density at radius 1 is 0.300 bits per heavy atom. The van der Waals surface area contributed by atoms with Crippen LogP contribution in [-0.4, -0.2) is 37.2 Å². The minimum absolute atomic E-state index is 0.0767. The zero-order valence-corrected chi connectivity index (χ0v) is 46.8. The highest BCUT2D eigenvalue weighted by Crippen LogP contribution is 2.17. The van der Waals surface area contributed by atoms with Gasteiger partial charge in [0.15, 0.2) is 6.10 Å². The summed E-state index contributed by atoms with van der Waals surface area (Å²) < 4.78 is 16.8. The van der Waals surface area contributed by atoms with Gasteiger partial charge in [-0.15, -0.1) is 0 Å². The molecule has 0 aromatic rings. The number of carbonyl (C=O) groups is 3. The Morgan fingerprint density at radius 2 is 0.557 bits per heavy atom. The number of hydrogen-bond acceptors (Lipinski definition) is 6. The molecule has 1 unspecified atom stereocenters.